The highest BCUT2D eigenvalue weighted by Crippen LogP contribution is 2.41. The van der Waals surface area contributed by atoms with Crippen molar-refractivity contribution in [2.45, 2.75) is 25.2 Å². The molecule has 2 N–H and O–H groups in total. The van der Waals surface area contributed by atoms with Crippen LogP contribution in [0.1, 0.15) is 30.9 Å². The standard InChI is InChI=1S/C16H12F3N3O/c17-10-6-12(19)11(18)4-8(10)9-5-13(23)20-16-14(9)15(21-22-16)7-2-1-3-7/h4-7H,1-3H2,(H2,20,21,22,23). The molecule has 0 bridgehead atoms. The van der Waals surface area contributed by atoms with Gasteiger partial charge in [0.2, 0.25) is 5.56 Å². The predicted octanol–water partition coefficient (Wildman–Crippen LogP) is 3.60. The van der Waals surface area contributed by atoms with Crippen LogP contribution in [0.25, 0.3) is 22.2 Å². The van der Waals surface area contributed by atoms with E-state index in [1.807, 2.05) is 0 Å². The van der Waals surface area contributed by atoms with Crippen LogP contribution in [0.2, 0.25) is 0 Å². The maximum atomic E-state index is 14.2. The van der Waals surface area contributed by atoms with E-state index in [1.54, 1.807) is 0 Å². The number of fused-ring (bicyclic) bond motifs is 1. The van der Waals surface area contributed by atoms with Gasteiger partial charge in [-0.05, 0) is 18.9 Å². The van der Waals surface area contributed by atoms with E-state index >= 15 is 0 Å². The van der Waals surface area contributed by atoms with Crippen LogP contribution in [0.5, 0.6) is 0 Å². The molecule has 3 aromatic rings. The van der Waals surface area contributed by atoms with Crippen LogP contribution in [0.3, 0.4) is 0 Å². The van der Waals surface area contributed by atoms with E-state index in [2.05, 4.69) is 15.2 Å². The second-order valence-electron chi connectivity index (χ2n) is 5.78. The third-order valence-corrected chi connectivity index (χ3v) is 4.39. The van der Waals surface area contributed by atoms with E-state index in [4.69, 9.17) is 0 Å². The Morgan fingerprint density at radius 1 is 1.00 bits per heavy atom. The van der Waals surface area contributed by atoms with Gasteiger partial charge in [0.25, 0.3) is 0 Å². The number of rotatable bonds is 2. The minimum atomic E-state index is -1.27. The molecule has 0 unspecified atom stereocenters. The summed E-state index contributed by atoms with van der Waals surface area (Å²) in [4.78, 5) is 14.4. The lowest BCUT2D eigenvalue weighted by Gasteiger charge is -2.24. The predicted molar refractivity (Wildman–Crippen MR) is 78.6 cm³/mol. The number of aromatic amines is 2. The summed E-state index contributed by atoms with van der Waals surface area (Å²) >= 11 is 0. The Kier molecular flexibility index (Phi) is 3.04. The van der Waals surface area contributed by atoms with E-state index in [1.165, 1.54) is 6.07 Å². The monoisotopic (exact) mass is 319 g/mol. The fourth-order valence-corrected chi connectivity index (χ4v) is 3.01. The smallest absolute Gasteiger partial charge is 0.250 e. The molecule has 4 nitrogen and oxygen atoms in total. The number of aromatic nitrogens is 3. The van der Waals surface area contributed by atoms with Gasteiger partial charge < -0.3 is 4.98 Å². The van der Waals surface area contributed by atoms with Crippen LogP contribution in [0.15, 0.2) is 23.0 Å². The number of H-pyrrole nitrogens is 2. The van der Waals surface area contributed by atoms with Crippen molar-refractivity contribution < 1.29 is 13.2 Å². The molecule has 1 aliphatic carbocycles. The van der Waals surface area contributed by atoms with Crippen molar-refractivity contribution in [3.8, 4) is 11.1 Å². The second kappa shape index (κ2) is 4.97. The lowest BCUT2D eigenvalue weighted by molar-refractivity contribution is 0.413. The van der Waals surface area contributed by atoms with Crippen LogP contribution in [0.4, 0.5) is 13.2 Å². The number of hydrogen-bond donors (Lipinski definition) is 2. The van der Waals surface area contributed by atoms with E-state index in [9.17, 15) is 18.0 Å². The summed E-state index contributed by atoms with van der Waals surface area (Å²) in [5, 5.41) is 7.51. The van der Waals surface area contributed by atoms with Crippen molar-refractivity contribution in [1.82, 2.24) is 15.2 Å². The van der Waals surface area contributed by atoms with E-state index in [0.717, 1.165) is 31.0 Å². The van der Waals surface area contributed by atoms with E-state index in [0.29, 0.717) is 17.1 Å². The Bertz CT molecular complexity index is 973. The van der Waals surface area contributed by atoms with Crippen LogP contribution >= 0.6 is 0 Å². The highest BCUT2D eigenvalue weighted by molar-refractivity contribution is 5.95. The third kappa shape index (κ3) is 2.15. The highest BCUT2D eigenvalue weighted by atomic mass is 19.2. The Balaban J connectivity index is 2.04. The minimum absolute atomic E-state index is 0.151. The summed E-state index contributed by atoms with van der Waals surface area (Å²) in [6, 6.07) is 2.45. The first kappa shape index (κ1) is 14.0. The molecule has 0 spiro atoms. The van der Waals surface area contributed by atoms with E-state index in [-0.39, 0.29) is 17.0 Å². The van der Waals surface area contributed by atoms with Gasteiger partial charge in [-0.3, -0.25) is 9.89 Å². The zero-order valence-corrected chi connectivity index (χ0v) is 11.9. The number of nitrogens with zero attached hydrogens (tertiary/aromatic N) is 1. The van der Waals surface area contributed by atoms with Crippen molar-refractivity contribution in [2.24, 2.45) is 0 Å². The topological polar surface area (TPSA) is 61.5 Å². The molecule has 1 saturated carbocycles. The Hall–Kier alpha value is -2.57. The van der Waals surface area contributed by atoms with Gasteiger partial charge in [-0.1, -0.05) is 6.42 Å². The SMILES string of the molecule is O=c1cc(-c2cc(F)c(F)cc2F)c2c(C3CCC3)[nH]nc2[nH]1. The molecule has 0 radical (unpaired) electrons. The molecular weight excluding hydrogens is 307 g/mol. The summed E-state index contributed by atoms with van der Waals surface area (Å²) < 4.78 is 40.9. The quantitative estimate of drug-likeness (QED) is 0.709. The summed E-state index contributed by atoms with van der Waals surface area (Å²) in [5.74, 6) is -3.10. The number of halogens is 3. The number of benzene rings is 1. The Morgan fingerprint density at radius 2 is 1.74 bits per heavy atom. The Labute approximate surface area is 128 Å². The zero-order chi connectivity index (χ0) is 16.1. The molecule has 1 aliphatic rings. The van der Waals surface area contributed by atoms with Crippen molar-refractivity contribution in [2.75, 3.05) is 0 Å². The first-order chi connectivity index (χ1) is 11.0. The molecule has 1 fully saturated rings. The van der Waals surface area contributed by atoms with Gasteiger partial charge in [0, 0.05) is 40.3 Å². The molecule has 0 amide bonds. The van der Waals surface area contributed by atoms with Gasteiger partial charge in [0.1, 0.15) is 5.82 Å². The minimum Gasteiger partial charge on any atom is -0.305 e. The number of pyridine rings is 1. The summed E-state index contributed by atoms with van der Waals surface area (Å²) in [6.45, 7) is 0. The van der Waals surface area contributed by atoms with Crippen LogP contribution in [-0.2, 0) is 0 Å². The van der Waals surface area contributed by atoms with Crippen LogP contribution < -0.4 is 5.56 Å². The number of hydrogen-bond acceptors (Lipinski definition) is 2. The maximum Gasteiger partial charge on any atom is 0.250 e. The molecular formula is C16H12F3N3O. The maximum absolute atomic E-state index is 14.2. The second-order valence-corrected chi connectivity index (χ2v) is 5.78. The van der Waals surface area contributed by atoms with Gasteiger partial charge in [-0.25, -0.2) is 13.2 Å². The molecule has 0 aliphatic heterocycles. The van der Waals surface area contributed by atoms with Crippen LogP contribution in [0, 0.1) is 17.5 Å². The summed E-state index contributed by atoms with van der Waals surface area (Å²) in [7, 11) is 0. The molecule has 118 valence electrons. The zero-order valence-electron chi connectivity index (χ0n) is 11.9. The molecule has 2 aromatic heterocycles. The van der Waals surface area contributed by atoms with Crippen molar-refractivity contribution in [1.29, 1.82) is 0 Å². The first-order valence-electron chi connectivity index (χ1n) is 7.31. The molecule has 7 heteroatoms. The summed E-state index contributed by atoms with van der Waals surface area (Å²) in [5.41, 5.74) is 0.668. The fraction of sp³-hybridized carbons (Fsp3) is 0.250. The van der Waals surface area contributed by atoms with Gasteiger partial charge in [-0.15, -0.1) is 0 Å². The molecule has 0 atom stereocenters. The number of nitrogens with one attached hydrogen (secondary N) is 2. The lowest BCUT2D eigenvalue weighted by Crippen LogP contribution is -2.11. The van der Waals surface area contributed by atoms with Crippen molar-refractivity contribution >= 4 is 11.0 Å². The van der Waals surface area contributed by atoms with Crippen molar-refractivity contribution in [3.05, 3.63) is 51.7 Å². The molecule has 2 heterocycles. The van der Waals surface area contributed by atoms with Gasteiger partial charge in [-0.2, -0.15) is 5.10 Å². The molecule has 23 heavy (non-hydrogen) atoms. The van der Waals surface area contributed by atoms with Gasteiger partial charge in [0.15, 0.2) is 17.3 Å². The molecule has 1 aromatic carbocycles. The fourth-order valence-electron chi connectivity index (χ4n) is 3.01. The average Bonchev–Trinajstić information content (AvgIpc) is 2.84. The summed E-state index contributed by atoms with van der Waals surface area (Å²) in [6.07, 6.45) is 3.02. The first-order valence-corrected chi connectivity index (χ1v) is 7.31. The third-order valence-electron chi connectivity index (χ3n) is 4.39. The Morgan fingerprint density at radius 3 is 2.43 bits per heavy atom. The van der Waals surface area contributed by atoms with E-state index < -0.39 is 23.0 Å². The van der Waals surface area contributed by atoms with Gasteiger partial charge in [0.05, 0.1) is 0 Å². The largest absolute Gasteiger partial charge is 0.305 e. The van der Waals surface area contributed by atoms with Crippen molar-refractivity contribution in [3.63, 3.8) is 0 Å². The molecule has 4 rings (SSSR count). The normalized spacial score (nSPS) is 15.1. The highest BCUT2D eigenvalue weighted by Gasteiger charge is 2.26. The van der Waals surface area contributed by atoms with Crippen LogP contribution in [-0.4, -0.2) is 15.2 Å². The van der Waals surface area contributed by atoms with Gasteiger partial charge >= 0.3 is 0 Å². The average molecular weight is 319 g/mol. The molecule has 0 saturated heterocycles. The lowest BCUT2D eigenvalue weighted by atomic mass is 9.81.